The molecule has 3 amide bonds. The van der Waals surface area contributed by atoms with Gasteiger partial charge in [0.05, 0.1) is 6.04 Å². The van der Waals surface area contributed by atoms with Crippen LogP contribution in [0.3, 0.4) is 0 Å². The fourth-order valence-corrected chi connectivity index (χ4v) is 3.24. The minimum atomic E-state index is -0.0566. The van der Waals surface area contributed by atoms with Gasteiger partial charge in [-0.25, -0.2) is 4.79 Å². The lowest BCUT2D eigenvalue weighted by atomic mass is 10.1. The minimum absolute atomic E-state index is 0.0566. The second-order valence-corrected chi connectivity index (χ2v) is 6.12. The first kappa shape index (κ1) is 14.8. The predicted octanol–water partition coefficient (Wildman–Crippen LogP) is 1.20. The van der Waals surface area contributed by atoms with Crippen molar-refractivity contribution in [1.82, 2.24) is 14.7 Å². The van der Waals surface area contributed by atoms with E-state index in [4.69, 9.17) is 0 Å². The maximum atomic E-state index is 11.9. The number of benzene rings is 1. The number of nitrogens with one attached hydrogen (secondary N) is 1. The largest absolute Gasteiger partial charge is 0.326 e. The standard InChI is InChI=1S/C16H22N4O2/c1-12(21)17-14-5-3-13(4-6-14)9-19-7-8-20-15(11-19)10-18(2)16(20)22/h3-6,15H,7-11H2,1-2H3,(H,17,21). The van der Waals surface area contributed by atoms with Crippen LogP contribution in [0.15, 0.2) is 24.3 Å². The zero-order chi connectivity index (χ0) is 15.7. The molecule has 1 aromatic carbocycles. The van der Waals surface area contributed by atoms with Gasteiger partial charge in [0.2, 0.25) is 5.91 Å². The third kappa shape index (κ3) is 3.06. The molecule has 22 heavy (non-hydrogen) atoms. The van der Waals surface area contributed by atoms with Gasteiger partial charge >= 0.3 is 6.03 Å². The highest BCUT2D eigenvalue weighted by Crippen LogP contribution is 2.21. The number of hydrogen-bond acceptors (Lipinski definition) is 3. The van der Waals surface area contributed by atoms with E-state index in [1.54, 1.807) is 4.90 Å². The molecule has 2 heterocycles. The van der Waals surface area contributed by atoms with Crippen LogP contribution in [-0.4, -0.2) is 65.9 Å². The SMILES string of the molecule is CC(=O)Nc1ccc(CN2CCN3C(=O)N(C)CC3C2)cc1. The van der Waals surface area contributed by atoms with Gasteiger partial charge < -0.3 is 15.1 Å². The molecule has 0 radical (unpaired) electrons. The van der Waals surface area contributed by atoms with Gasteiger partial charge in [0.1, 0.15) is 0 Å². The Balaban J connectivity index is 1.58. The number of amides is 3. The average Bonchev–Trinajstić information content (AvgIpc) is 2.75. The highest BCUT2D eigenvalue weighted by Gasteiger charge is 2.38. The Hall–Kier alpha value is -2.08. The molecule has 2 fully saturated rings. The van der Waals surface area contributed by atoms with Crippen molar-refractivity contribution >= 4 is 17.6 Å². The van der Waals surface area contributed by atoms with Crippen LogP contribution in [0.4, 0.5) is 10.5 Å². The van der Waals surface area contributed by atoms with Gasteiger partial charge in [0.15, 0.2) is 0 Å². The van der Waals surface area contributed by atoms with Crippen LogP contribution in [0.1, 0.15) is 12.5 Å². The first-order valence-corrected chi connectivity index (χ1v) is 7.63. The van der Waals surface area contributed by atoms with E-state index < -0.39 is 0 Å². The number of nitrogens with zero attached hydrogens (tertiary/aromatic N) is 3. The van der Waals surface area contributed by atoms with Gasteiger partial charge in [-0.2, -0.15) is 0 Å². The highest BCUT2D eigenvalue weighted by atomic mass is 16.2. The minimum Gasteiger partial charge on any atom is -0.326 e. The van der Waals surface area contributed by atoms with Crippen molar-refractivity contribution in [2.24, 2.45) is 0 Å². The lowest BCUT2D eigenvalue weighted by Crippen LogP contribution is -2.51. The van der Waals surface area contributed by atoms with Gasteiger partial charge in [0.25, 0.3) is 0 Å². The first-order chi connectivity index (χ1) is 10.5. The Morgan fingerprint density at radius 3 is 2.64 bits per heavy atom. The van der Waals surface area contributed by atoms with Crippen LogP contribution in [0.2, 0.25) is 0 Å². The van der Waals surface area contributed by atoms with Crippen molar-refractivity contribution in [3.8, 4) is 0 Å². The van der Waals surface area contributed by atoms with E-state index >= 15 is 0 Å². The molecule has 1 atom stereocenters. The molecule has 2 aliphatic heterocycles. The highest BCUT2D eigenvalue weighted by molar-refractivity contribution is 5.88. The third-order valence-corrected chi connectivity index (χ3v) is 4.30. The van der Waals surface area contributed by atoms with E-state index in [0.29, 0.717) is 6.04 Å². The molecule has 0 aromatic heterocycles. The van der Waals surface area contributed by atoms with E-state index in [1.807, 2.05) is 36.2 Å². The van der Waals surface area contributed by atoms with E-state index in [9.17, 15) is 9.59 Å². The van der Waals surface area contributed by atoms with Crippen LogP contribution in [0.5, 0.6) is 0 Å². The average molecular weight is 302 g/mol. The number of anilines is 1. The van der Waals surface area contributed by atoms with Crippen LogP contribution in [-0.2, 0) is 11.3 Å². The number of likely N-dealkylation sites (N-methyl/N-ethyl adjacent to an activating group) is 1. The van der Waals surface area contributed by atoms with Gasteiger partial charge in [-0.3, -0.25) is 9.69 Å². The summed E-state index contributed by atoms with van der Waals surface area (Å²) in [5, 5.41) is 2.77. The van der Waals surface area contributed by atoms with Crippen LogP contribution < -0.4 is 5.32 Å². The molecule has 0 spiro atoms. The molecule has 1 N–H and O–H groups in total. The van der Waals surface area contributed by atoms with Crippen LogP contribution in [0.25, 0.3) is 0 Å². The van der Waals surface area contributed by atoms with Crippen molar-refractivity contribution in [2.45, 2.75) is 19.5 Å². The number of carbonyl (C=O) groups excluding carboxylic acids is 2. The molecule has 2 aliphatic rings. The van der Waals surface area contributed by atoms with Gasteiger partial charge in [-0.05, 0) is 17.7 Å². The molecule has 6 nitrogen and oxygen atoms in total. The van der Waals surface area contributed by atoms with Crippen LogP contribution in [0, 0.1) is 0 Å². The Bertz CT molecular complexity index is 572. The van der Waals surface area contributed by atoms with Crippen molar-refractivity contribution < 1.29 is 9.59 Å². The van der Waals surface area contributed by atoms with Crippen molar-refractivity contribution in [2.75, 3.05) is 38.5 Å². The van der Waals surface area contributed by atoms with Gasteiger partial charge in [-0.15, -0.1) is 0 Å². The molecule has 6 heteroatoms. The molecule has 0 saturated carbocycles. The normalized spacial score (nSPS) is 21.9. The number of carbonyl (C=O) groups is 2. The molecule has 1 aromatic rings. The summed E-state index contributed by atoms with van der Waals surface area (Å²) in [6.45, 7) is 5.83. The zero-order valence-corrected chi connectivity index (χ0v) is 13.1. The monoisotopic (exact) mass is 302 g/mol. The van der Waals surface area contributed by atoms with E-state index in [2.05, 4.69) is 10.2 Å². The summed E-state index contributed by atoms with van der Waals surface area (Å²) in [4.78, 5) is 29.1. The summed E-state index contributed by atoms with van der Waals surface area (Å²) in [7, 11) is 1.87. The maximum absolute atomic E-state index is 11.9. The summed E-state index contributed by atoms with van der Waals surface area (Å²) in [5.41, 5.74) is 2.05. The lowest BCUT2D eigenvalue weighted by Gasteiger charge is -2.36. The van der Waals surface area contributed by atoms with E-state index in [1.165, 1.54) is 12.5 Å². The lowest BCUT2D eigenvalue weighted by molar-refractivity contribution is -0.114. The smallest absolute Gasteiger partial charge is 0.320 e. The summed E-state index contributed by atoms with van der Waals surface area (Å²) < 4.78 is 0. The molecule has 0 bridgehead atoms. The zero-order valence-electron chi connectivity index (χ0n) is 13.1. The number of urea groups is 1. The van der Waals surface area contributed by atoms with Gasteiger partial charge in [0, 0.05) is 52.4 Å². The molecule has 2 saturated heterocycles. The summed E-state index contributed by atoms with van der Waals surface area (Å²) in [6.07, 6.45) is 0. The number of piperazine rings is 1. The number of rotatable bonds is 3. The molecule has 118 valence electrons. The van der Waals surface area contributed by atoms with E-state index in [0.717, 1.165) is 38.4 Å². The number of fused-ring (bicyclic) bond motifs is 1. The Labute approximate surface area is 130 Å². The van der Waals surface area contributed by atoms with E-state index in [-0.39, 0.29) is 11.9 Å². The third-order valence-electron chi connectivity index (χ3n) is 4.30. The van der Waals surface area contributed by atoms with Crippen molar-refractivity contribution in [3.63, 3.8) is 0 Å². The first-order valence-electron chi connectivity index (χ1n) is 7.63. The fourth-order valence-electron chi connectivity index (χ4n) is 3.24. The summed E-state index contributed by atoms with van der Waals surface area (Å²) in [5.74, 6) is -0.0566. The Morgan fingerprint density at radius 1 is 1.23 bits per heavy atom. The summed E-state index contributed by atoms with van der Waals surface area (Å²) in [6, 6.07) is 8.42. The fraction of sp³-hybridized carbons (Fsp3) is 0.500. The maximum Gasteiger partial charge on any atom is 0.320 e. The second-order valence-electron chi connectivity index (χ2n) is 6.12. The topological polar surface area (TPSA) is 55.9 Å². The molecular weight excluding hydrogens is 280 g/mol. The Kier molecular flexibility index (Phi) is 4.02. The second kappa shape index (κ2) is 5.96. The van der Waals surface area contributed by atoms with Crippen LogP contribution >= 0.6 is 0 Å². The predicted molar refractivity (Wildman–Crippen MR) is 84.5 cm³/mol. The molecule has 3 rings (SSSR count). The number of hydrogen-bond donors (Lipinski definition) is 1. The molecule has 0 aliphatic carbocycles. The molecular formula is C16H22N4O2. The Morgan fingerprint density at radius 2 is 1.95 bits per heavy atom. The molecule has 1 unspecified atom stereocenters. The van der Waals surface area contributed by atoms with Crippen molar-refractivity contribution in [3.05, 3.63) is 29.8 Å². The summed E-state index contributed by atoms with van der Waals surface area (Å²) >= 11 is 0. The van der Waals surface area contributed by atoms with Crippen molar-refractivity contribution in [1.29, 1.82) is 0 Å². The van der Waals surface area contributed by atoms with Gasteiger partial charge in [-0.1, -0.05) is 12.1 Å². The quantitative estimate of drug-likeness (QED) is 0.913.